The van der Waals surface area contributed by atoms with Crippen LogP contribution in [0.2, 0.25) is 0 Å². The van der Waals surface area contributed by atoms with Crippen LogP contribution < -0.4 is 5.32 Å². The van der Waals surface area contributed by atoms with Gasteiger partial charge in [0.1, 0.15) is 6.33 Å². The summed E-state index contributed by atoms with van der Waals surface area (Å²) in [6, 6.07) is 0.434. The first-order chi connectivity index (χ1) is 8.31. The summed E-state index contributed by atoms with van der Waals surface area (Å²) in [6.45, 7) is 4.54. The monoisotopic (exact) mass is 234 g/mol. The summed E-state index contributed by atoms with van der Waals surface area (Å²) >= 11 is 0. The smallest absolute Gasteiger partial charge is 0.257 e. The fraction of sp³-hybridized carbons (Fsp3) is 0.583. The molecule has 1 amide bonds. The van der Waals surface area contributed by atoms with E-state index in [1.165, 1.54) is 12.7 Å². The lowest BCUT2D eigenvalue weighted by Gasteiger charge is -2.24. The van der Waals surface area contributed by atoms with E-state index in [0.717, 1.165) is 19.5 Å². The first-order valence-electron chi connectivity index (χ1n) is 6.09. The lowest BCUT2D eigenvalue weighted by Crippen LogP contribution is -2.41. The maximum absolute atomic E-state index is 12.2. The van der Waals surface area contributed by atoms with Crippen molar-refractivity contribution in [2.24, 2.45) is 0 Å². The van der Waals surface area contributed by atoms with E-state index >= 15 is 0 Å². The first kappa shape index (κ1) is 12.0. The molecule has 0 aromatic carbocycles. The van der Waals surface area contributed by atoms with Crippen molar-refractivity contribution in [2.75, 3.05) is 19.6 Å². The molecular formula is C12H18N4O. The van der Waals surface area contributed by atoms with Crippen LogP contribution in [0.5, 0.6) is 0 Å². The molecule has 1 aliphatic heterocycles. The molecule has 1 saturated heterocycles. The topological polar surface area (TPSA) is 58.1 Å². The molecule has 2 rings (SSSR count). The second kappa shape index (κ2) is 5.72. The van der Waals surface area contributed by atoms with Gasteiger partial charge in [-0.2, -0.15) is 0 Å². The number of rotatable bonds is 4. The van der Waals surface area contributed by atoms with E-state index in [1.54, 1.807) is 12.4 Å². The Hall–Kier alpha value is -1.49. The number of carbonyl (C=O) groups excluding carboxylic acids is 1. The summed E-state index contributed by atoms with van der Waals surface area (Å²) in [5, 5.41) is 3.40. The summed E-state index contributed by atoms with van der Waals surface area (Å²) in [5.74, 6) is 0.0156. The summed E-state index contributed by atoms with van der Waals surface area (Å²) in [7, 11) is 0. The number of aromatic nitrogens is 2. The van der Waals surface area contributed by atoms with Gasteiger partial charge in [-0.1, -0.05) is 0 Å². The summed E-state index contributed by atoms with van der Waals surface area (Å²) in [4.78, 5) is 21.8. The SMILES string of the molecule is CCN(CC1CCCN1)C(=O)c1cncnc1. The predicted octanol–water partition coefficient (Wildman–Crippen LogP) is 0.691. The Kier molecular flexibility index (Phi) is 4.03. The Labute approximate surface area is 101 Å². The van der Waals surface area contributed by atoms with Crippen molar-refractivity contribution < 1.29 is 4.79 Å². The third-order valence-corrected chi connectivity index (χ3v) is 3.08. The number of nitrogens with zero attached hydrogens (tertiary/aromatic N) is 3. The van der Waals surface area contributed by atoms with Gasteiger partial charge >= 0.3 is 0 Å². The molecule has 92 valence electrons. The third-order valence-electron chi connectivity index (χ3n) is 3.08. The fourth-order valence-electron chi connectivity index (χ4n) is 2.13. The largest absolute Gasteiger partial charge is 0.337 e. The Balaban J connectivity index is 2.00. The summed E-state index contributed by atoms with van der Waals surface area (Å²) < 4.78 is 0. The molecule has 17 heavy (non-hydrogen) atoms. The second-order valence-electron chi connectivity index (χ2n) is 4.26. The van der Waals surface area contributed by atoms with Gasteiger partial charge in [0.05, 0.1) is 5.56 Å². The van der Waals surface area contributed by atoms with Gasteiger partial charge in [0.25, 0.3) is 5.91 Å². The van der Waals surface area contributed by atoms with E-state index < -0.39 is 0 Å². The number of hydrogen-bond donors (Lipinski definition) is 1. The van der Waals surface area contributed by atoms with Crippen LogP contribution >= 0.6 is 0 Å². The van der Waals surface area contributed by atoms with Crippen molar-refractivity contribution in [3.8, 4) is 0 Å². The lowest BCUT2D eigenvalue weighted by molar-refractivity contribution is 0.0750. The quantitative estimate of drug-likeness (QED) is 0.832. The molecule has 0 spiro atoms. The molecule has 0 saturated carbocycles. The van der Waals surface area contributed by atoms with E-state index in [0.29, 0.717) is 18.2 Å². The van der Waals surface area contributed by atoms with Crippen molar-refractivity contribution in [2.45, 2.75) is 25.8 Å². The van der Waals surface area contributed by atoms with Gasteiger partial charge in [0.2, 0.25) is 0 Å². The van der Waals surface area contributed by atoms with Gasteiger partial charge in [-0.25, -0.2) is 9.97 Å². The minimum atomic E-state index is 0.0156. The highest BCUT2D eigenvalue weighted by Crippen LogP contribution is 2.09. The maximum atomic E-state index is 12.2. The number of hydrogen-bond acceptors (Lipinski definition) is 4. The van der Waals surface area contributed by atoms with E-state index in [2.05, 4.69) is 15.3 Å². The average Bonchev–Trinajstić information content (AvgIpc) is 2.89. The van der Waals surface area contributed by atoms with E-state index in [1.807, 2.05) is 11.8 Å². The standard InChI is InChI=1S/C12H18N4O/c1-2-16(8-11-4-3-5-15-11)12(17)10-6-13-9-14-7-10/h6-7,9,11,15H,2-5,8H2,1H3. The van der Waals surface area contributed by atoms with Crippen LogP contribution in [0.25, 0.3) is 0 Å². The second-order valence-corrected chi connectivity index (χ2v) is 4.26. The minimum Gasteiger partial charge on any atom is -0.337 e. The molecule has 1 aromatic heterocycles. The van der Waals surface area contributed by atoms with E-state index in [4.69, 9.17) is 0 Å². The molecule has 1 unspecified atom stereocenters. The molecule has 5 nitrogen and oxygen atoms in total. The summed E-state index contributed by atoms with van der Waals surface area (Å²) in [6.07, 6.45) is 6.92. The number of likely N-dealkylation sites (N-methyl/N-ethyl adjacent to an activating group) is 1. The third kappa shape index (κ3) is 3.00. The molecular weight excluding hydrogens is 216 g/mol. The molecule has 0 bridgehead atoms. The van der Waals surface area contributed by atoms with Crippen molar-refractivity contribution in [3.63, 3.8) is 0 Å². The molecule has 1 aliphatic rings. The van der Waals surface area contributed by atoms with Gasteiger partial charge in [-0.05, 0) is 26.3 Å². The number of carbonyl (C=O) groups is 1. The first-order valence-corrected chi connectivity index (χ1v) is 6.09. The molecule has 0 aliphatic carbocycles. The highest BCUT2D eigenvalue weighted by molar-refractivity contribution is 5.93. The molecule has 2 heterocycles. The number of nitrogens with one attached hydrogen (secondary N) is 1. The van der Waals surface area contributed by atoms with Crippen LogP contribution in [-0.4, -0.2) is 46.5 Å². The van der Waals surface area contributed by atoms with Crippen molar-refractivity contribution in [1.82, 2.24) is 20.2 Å². The minimum absolute atomic E-state index is 0.0156. The maximum Gasteiger partial charge on any atom is 0.257 e. The lowest BCUT2D eigenvalue weighted by atomic mass is 10.2. The Morgan fingerprint density at radius 3 is 2.88 bits per heavy atom. The van der Waals surface area contributed by atoms with E-state index in [-0.39, 0.29) is 5.91 Å². The zero-order chi connectivity index (χ0) is 12.1. The molecule has 1 N–H and O–H groups in total. The highest BCUT2D eigenvalue weighted by Gasteiger charge is 2.21. The van der Waals surface area contributed by atoms with E-state index in [9.17, 15) is 4.79 Å². The van der Waals surface area contributed by atoms with Crippen LogP contribution in [0, 0.1) is 0 Å². The number of amides is 1. The van der Waals surface area contributed by atoms with Crippen molar-refractivity contribution in [3.05, 3.63) is 24.3 Å². The Bertz CT molecular complexity index is 362. The van der Waals surface area contributed by atoms with Gasteiger partial charge < -0.3 is 10.2 Å². The fourth-order valence-corrected chi connectivity index (χ4v) is 2.13. The van der Waals surface area contributed by atoms with Gasteiger partial charge in [-0.3, -0.25) is 4.79 Å². The van der Waals surface area contributed by atoms with Crippen LogP contribution in [-0.2, 0) is 0 Å². The molecule has 1 aromatic rings. The average molecular weight is 234 g/mol. The summed E-state index contributed by atoms with van der Waals surface area (Å²) in [5.41, 5.74) is 0.562. The van der Waals surface area contributed by atoms with Gasteiger partial charge in [-0.15, -0.1) is 0 Å². The zero-order valence-corrected chi connectivity index (χ0v) is 10.1. The van der Waals surface area contributed by atoms with Crippen LogP contribution in [0.3, 0.4) is 0 Å². The Morgan fingerprint density at radius 1 is 1.53 bits per heavy atom. The van der Waals surface area contributed by atoms with Gasteiger partial charge in [0, 0.05) is 31.5 Å². The Morgan fingerprint density at radius 2 is 2.29 bits per heavy atom. The van der Waals surface area contributed by atoms with Crippen LogP contribution in [0.15, 0.2) is 18.7 Å². The van der Waals surface area contributed by atoms with Crippen molar-refractivity contribution >= 4 is 5.91 Å². The molecule has 0 radical (unpaired) electrons. The normalized spacial score (nSPS) is 19.2. The zero-order valence-electron chi connectivity index (χ0n) is 10.1. The molecule has 1 atom stereocenters. The van der Waals surface area contributed by atoms with Gasteiger partial charge in [0.15, 0.2) is 0 Å². The van der Waals surface area contributed by atoms with Crippen molar-refractivity contribution in [1.29, 1.82) is 0 Å². The highest BCUT2D eigenvalue weighted by atomic mass is 16.2. The molecule has 5 heteroatoms. The molecule has 1 fully saturated rings. The van der Waals surface area contributed by atoms with Crippen LogP contribution in [0.1, 0.15) is 30.1 Å². The predicted molar refractivity (Wildman–Crippen MR) is 64.6 cm³/mol. The van der Waals surface area contributed by atoms with Crippen LogP contribution in [0.4, 0.5) is 0 Å².